The predicted octanol–water partition coefficient (Wildman–Crippen LogP) is 4.42. The number of nitrogens with zero attached hydrogens (tertiary/aromatic N) is 2. The largest absolute Gasteiger partial charge is 0.495 e. The maximum absolute atomic E-state index is 13.5. The van der Waals surface area contributed by atoms with Crippen LogP contribution in [0.5, 0.6) is 5.75 Å². The van der Waals surface area contributed by atoms with Crippen LogP contribution in [-0.2, 0) is 27.9 Å². The monoisotopic (exact) mass is 575 g/mol. The minimum Gasteiger partial charge on any atom is -0.495 e. The summed E-state index contributed by atoms with van der Waals surface area (Å²) in [6, 6.07) is 20.2. The van der Waals surface area contributed by atoms with E-state index in [1.165, 1.54) is 7.11 Å². The molecule has 4 aromatic rings. The molecule has 3 N–H and O–H groups in total. The van der Waals surface area contributed by atoms with E-state index < -0.39 is 10.0 Å². The molecule has 10 heteroatoms. The Morgan fingerprint density at radius 3 is 2.51 bits per heavy atom. The highest BCUT2D eigenvalue weighted by Gasteiger charge is 2.22. The highest BCUT2D eigenvalue weighted by Crippen LogP contribution is 2.34. The second-order valence-electron chi connectivity index (χ2n) is 9.69. The van der Waals surface area contributed by atoms with Crippen LogP contribution in [0.2, 0.25) is 0 Å². The van der Waals surface area contributed by atoms with Crippen molar-refractivity contribution in [1.82, 2.24) is 24.9 Å². The lowest BCUT2D eigenvalue weighted by atomic mass is 10.00. The number of benzene rings is 3. The van der Waals surface area contributed by atoms with Crippen molar-refractivity contribution in [2.45, 2.75) is 50.2 Å². The number of carbonyl (C=O) groups is 1. The molecule has 0 aliphatic rings. The summed E-state index contributed by atoms with van der Waals surface area (Å²) in [5.74, 6) is 0.211. The molecular weight excluding hydrogens is 538 g/mol. The van der Waals surface area contributed by atoms with E-state index in [9.17, 15) is 13.2 Å². The van der Waals surface area contributed by atoms with Crippen molar-refractivity contribution in [2.24, 2.45) is 0 Å². The maximum atomic E-state index is 13.5. The number of amides is 1. The zero-order chi connectivity index (χ0) is 29.2. The first kappa shape index (κ1) is 30.0. The smallest absolute Gasteiger partial charge is 0.244 e. The van der Waals surface area contributed by atoms with Crippen molar-refractivity contribution < 1.29 is 17.9 Å². The zero-order valence-corrected chi connectivity index (χ0v) is 24.4. The van der Waals surface area contributed by atoms with Crippen LogP contribution in [0.4, 0.5) is 0 Å². The number of imidazole rings is 1. The van der Waals surface area contributed by atoms with Gasteiger partial charge in [0.25, 0.3) is 0 Å². The number of likely N-dealkylation sites (N-methyl/N-ethyl adjacent to an activating group) is 1. The molecule has 3 aromatic carbocycles. The third kappa shape index (κ3) is 7.60. The van der Waals surface area contributed by atoms with Crippen LogP contribution in [0.25, 0.3) is 16.8 Å². The summed E-state index contributed by atoms with van der Waals surface area (Å²) < 4.78 is 36.9. The van der Waals surface area contributed by atoms with Gasteiger partial charge in [-0.2, -0.15) is 0 Å². The summed E-state index contributed by atoms with van der Waals surface area (Å²) in [5.41, 5.74) is 4.16. The summed E-state index contributed by atoms with van der Waals surface area (Å²) in [6.07, 6.45) is 7.92. The lowest BCUT2D eigenvalue weighted by Crippen LogP contribution is -2.42. The van der Waals surface area contributed by atoms with Gasteiger partial charge in [0.2, 0.25) is 15.9 Å². The predicted molar refractivity (Wildman–Crippen MR) is 160 cm³/mol. The normalized spacial score (nSPS) is 12.2. The first-order valence-corrected chi connectivity index (χ1v) is 15.1. The van der Waals surface area contributed by atoms with Crippen LogP contribution >= 0.6 is 0 Å². The van der Waals surface area contributed by atoms with Crippen molar-refractivity contribution in [2.75, 3.05) is 14.2 Å². The summed E-state index contributed by atoms with van der Waals surface area (Å²) in [4.78, 5) is 16.7. The van der Waals surface area contributed by atoms with Crippen LogP contribution < -0.4 is 20.1 Å². The number of sulfonamides is 1. The van der Waals surface area contributed by atoms with Gasteiger partial charge in [-0.25, -0.2) is 18.1 Å². The summed E-state index contributed by atoms with van der Waals surface area (Å²) in [5, 5.41) is 6.12. The quantitative estimate of drug-likeness (QED) is 0.205. The van der Waals surface area contributed by atoms with Crippen molar-refractivity contribution in [3.8, 4) is 22.6 Å². The molecule has 0 unspecified atom stereocenters. The lowest BCUT2D eigenvalue weighted by molar-refractivity contribution is -0.122. The van der Waals surface area contributed by atoms with Crippen LogP contribution in [0.3, 0.4) is 0 Å². The Kier molecular flexibility index (Phi) is 10.3. The number of ether oxygens (including phenoxy) is 1. The molecule has 1 aromatic heterocycles. The summed E-state index contributed by atoms with van der Waals surface area (Å²) in [7, 11) is -0.804. The maximum Gasteiger partial charge on any atom is 0.244 e. The highest BCUT2D eigenvalue weighted by molar-refractivity contribution is 7.89. The van der Waals surface area contributed by atoms with Gasteiger partial charge < -0.3 is 19.9 Å². The lowest BCUT2D eigenvalue weighted by Gasteiger charge is -2.19. The van der Waals surface area contributed by atoms with Gasteiger partial charge in [0.1, 0.15) is 10.6 Å². The Bertz CT molecular complexity index is 1540. The molecule has 0 saturated carbocycles. The number of unbranched alkanes of at least 4 members (excludes halogenated alkanes) is 1. The molecule has 0 aliphatic carbocycles. The Labute approximate surface area is 242 Å². The number of nitrogens with one attached hydrogen (secondary N) is 3. The van der Waals surface area contributed by atoms with E-state index in [0.29, 0.717) is 12.1 Å². The molecule has 41 heavy (non-hydrogen) atoms. The molecule has 9 nitrogen and oxygen atoms in total. The van der Waals surface area contributed by atoms with Crippen LogP contribution in [0, 0.1) is 0 Å². The number of methoxy groups -OCH3 is 1. The van der Waals surface area contributed by atoms with Gasteiger partial charge in [0, 0.05) is 38.1 Å². The van der Waals surface area contributed by atoms with Crippen molar-refractivity contribution >= 4 is 15.9 Å². The molecule has 216 valence electrons. The average Bonchev–Trinajstić information content (AvgIpc) is 3.55. The molecular formula is C31H37N5O4S. The van der Waals surface area contributed by atoms with E-state index in [-0.39, 0.29) is 29.1 Å². The Morgan fingerprint density at radius 1 is 1.02 bits per heavy atom. The molecule has 0 radical (unpaired) electrons. The fraction of sp³-hybridized carbons (Fsp3) is 0.290. The Morgan fingerprint density at radius 2 is 1.83 bits per heavy atom. The van der Waals surface area contributed by atoms with Crippen LogP contribution in [-0.4, -0.2) is 44.1 Å². The zero-order valence-electron chi connectivity index (χ0n) is 23.6. The standard InChI is InChI=1S/C31H37N5O4S/c1-4-5-11-27(31(37)32-2)34-20-24-12-14-28(36-17-16-33-22-36)26(18-24)25-13-15-29(40-3)30(19-25)41(38,39)35-21-23-9-7-6-8-10-23/h6-10,12-19,22,27,34-35H,4-5,11,20-21H2,1-3H3,(H,32,37)/t27-/m0/s1. The second-order valence-corrected chi connectivity index (χ2v) is 11.4. The number of carbonyl (C=O) groups excluding carboxylic acids is 1. The van der Waals surface area contributed by atoms with Crippen LogP contribution in [0.1, 0.15) is 37.3 Å². The molecule has 1 amide bonds. The van der Waals surface area contributed by atoms with E-state index >= 15 is 0 Å². The second kappa shape index (κ2) is 14.1. The number of aromatic nitrogens is 2. The van der Waals surface area contributed by atoms with Gasteiger partial charge in [-0.1, -0.05) is 62.2 Å². The molecule has 1 atom stereocenters. The van der Waals surface area contributed by atoms with E-state index in [4.69, 9.17) is 4.74 Å². The minimum absolute atomic E-state index is 0.0401. The van der Waals surface area contributed by atoms with Crippen molar-refractivity contribution in [3.05, 3.63) is 96.6 Å². The van der Waals surface area contributed by atoms with E-state index in [1.54, 1.807) is 31.7 Å². The summed E-state index contributed by atoms with van der Waals surface area (Å²) >= 11 is 0. The SMILES string of the molecule is CCCC[C@H](NCc1ccc(-n2ccnc2)c(-c2ccc(OC)c(S(=O)(=O)NCc3ccccc3)c2)c1)C(=O)NC. The Balaban J connectivity index is 1.70. The molecule has 0 saturated heterocycles. The molecule has 1 heterocycles. The topological polar surface area (TPSA) is 114 Å². The van der Waals surface area contributed by atoms with Gasteiger partial charge in [-0.05, 0) is 47.4 Å². The van der Waals surface area contributed by atoms with Gasteiger partial charge in [-0.15, -0.1) is 0 Å². The molecule has 4 rings (SSSR count). The molecule has 0 aliphatic heterocycles. The fourth-order valence-corrected chi connectivity index (χ4v) is 5.82. The average molecular weight is 576 g/mol. The van der Waals surface area contributed by atoms with Crippen molar-refractivity contribution in [3.63, 3.8) is 0 Å². The molecule has 0 spiro atoms. The third-order valence-corrected chi connectivity index (χ3v) is 8.30. The Hall–Kier alpha value is -3.99. The third-order valence-electron chi connectivity index (χ3n) is 6.88. The van der Waals surface area contributed by atoms with E-state index in [2.05, 4.69) is 27.3 Å². The van der Waals surface area contributed by atoms with Gasteiger partial charge >= 0.3 is 0 Å². The minimum atomic E-state index is -3.90. The fourth-order valence-electron chi connectivity index (χ4n) is 4.61. The van der Waals surface area contributed by atoms with Crippen LogP contribution in [0.15, 0.2) is 90.3 Å². The molecule has 0 bridgehead atoms. The van der Waals surface area contributed by atoms with Gasteiger partial charge in [-0.3, -0.25) is 4.79 Å². The van der Waals surface area contributed by atoms with Crippen molar-refractivity contribution in [1.29, 1.82) is 0 Å². The summed E-state index contributed by atoms with van der Waals surface area (Å²) in [6.45, 7) is 2.73. The van der Waals surface area contributed by atoms with E-state index in [0.717, 1.165) is 41.6 Å². The van der Waals surface area contributed by atoms with E-state index in [1.807, 2.05) is 65.4 Å². The number of hydrogen-bond acceptors (Lipinski definition) is 6. The number of hydrogen-bond donors (Lipinski definition) is 3. The first-order valence-electron chi connectivity index (χ1n) is 13.6. The van der Waals surface area contributed by atoms with Gasteiger partial charge in [0.05, 0.1) is 25.2 Å². The highest BCUT2D eigenvalue weighted by atomic mass is 32.2. The first-order chi connectivity index (χ1) is 19.9. The van der Waals surface area contributed by atoms with Gasteiger partial charge in [0.15, 0.2) is 0 Å². The number of rotatable bonds is 14. The molecule has 0 fully saturated rings.